The van der Waals surface area contributed by atoms with E-state index in [1.807, 2.05) is 12.3 Å². The van der Waals surface area contributed by atoms with Crippen molar-refractivity contribution < 1.29 is 6.85 Å². The van der Waals surface area contributed by atoms with Gasteiger partial charge in [-0.25, -0.2) is 0 Å². The van der Waals surface area contributed by atoms with Crippen LogP contribution in [0.3, 0.4) is 0 Å². The molecule has 0 N–H and O–H groups in total. The molecule has 2 rings (SSSR count). The van der Waals surface area contributed by atoms with Crippen molar-refractivity contribution in [1.29, 1.82) is 0 Å². The molecule has 0 aliphatic heterocycles. The van der Waals surface area contributed by atoms with Crippen LogP contribution in [0, 0.1) is 13.8 Å². The van der Waals surface area contributed by atoms with Crippen molar-refractivity contribution in [2.24, 2.45) is 0 Å². The first-order valence-corrected chi connectivity index (χ1v) is 9.44. The van der Waals surface area contributed by atoms with Gasteiger partial charge < -0.3 is 0 Å². The molecular formula is C16H21NSi. The fourth-order valence-electron chi connectivity index (χ4n) is 1.70. The molecule has 0 bridgehead atoms. The van der Waals surface area contributed by atoms with Crippen LogP contribution in [0.2, 0.25) is 19.6 Å². The number of hydrogen-bond donors (Lipinski definition) is 0. The molecule has 0 spiro atoms. The highest BCUT2D eigenvalue weighted by atomic mass is 28.3. The molecule has 0 saturated carbocycles. The van der Waals surface area contributed by atoms with E-state index in [2.05, 4.69) is 30.7 Å². The molecule has 0 atom stereocenters. The van der Waals surface area contributed by atoms with Crippen LogP contribution >= 0.6 is 0 Å². The number of rotatable bonds is 2. The van der Waals surface area contributed by atoms with Crippen LogP contribution in [-0.4, -0.2) is 13.1 Å². The second-order valence-corrected chi connectivity index (χ2v) is 10.5. The largest absolute Gasteiger partial charge is 0.256 e. The Hall–Kier alpha value is -1.41. The van der Waals surface area contributed by atoms with Crippen molar-refractivity contribution in [3.05, 3.63) is 47.6 Å². The number of aromatic nitrogens is 1. The van der Waals surface area contributed by atoms with E-state index in [0.717, 1.165) is 0 Å². The summed E-state index contributed by atoms with van der Waals surface area (Å²) < 4.78 is 38.3. The van der Waals surface area contributed by atoms with E-state index < -0.39 is 14.9 Å². The van der Waals surface area contributed by atoms with E-state index in [1.54, 1.807) is 6.07 Å². The zero-order valence-electron chi connectivity index (χ0n) is 16.0. The van der Waals surface area contributed by atoms with Gasteiger partial charge in [0.15, 0.2) is 0 Å². The maximum atomic E-state index is 8.04. The van der Waals surface area contributed by atoms with Gasteiger partial charge in [0.2, 0.25) is 0 Å². The lowest BCUT2D eigenvalue weighted by Crippen LogP contribution is -2.37. The number of aryl methyl sites for hydroxylation is 1. The highest BCUT2D eigenvalue weighted by Gasteiger charge is 2.16. The normalized spacial score (nSPS) is 16.3. The topological polar surface area (TPSA) is 12.9 Å². The quantitative estimate of drug-likeness (QED) is 0.746. The van der Waals surface area contributed by atoms with Gasteiger partial charge in [-0.05, 0) is 42.2 Å². The summed E-state index contributed by atoms with van der Waals surface area (Å²) in [4.78, 5) is 4.47. The molecule has 1 nitrogen and oxygen atoms in total. The SMILES string of the molecule is [2H]Cc1cc(-c2ccc([Si](C)(C)C)cn2)cc([2H])c1C([2H])([2H])[2H]. The summed E-state index contributed by atoms with van der Waals surface area (Å²) in [7, 11) is -1.42. The Morgan fingerprint density at radius 2 is 2.00 bits per heavy atom. The average Bonchev–Trinajstić information content (AvgIpc) is 2.44. The van der Waals surface area contributed by atoms with Crippen molar-refractivity contribution in [3.8, 4) is 11.3 Å². The van der Waals surface area contributed by atoms with Crippen molar-refractivity contribution in [1.82, 2.24) is 4.98 Å². The predicted octanol–water partition coefficient (Wildman–Crippen LogP) is 3.91. The Labute approximate surface area is 118 Å². The minimum absolute atomic E-state index is 0.0324. The molecule has 2 heteroatoms. The molecule has 1 heterocycles. The molecule has 94 valence electrons. The van der Waals surface area contributed by atoms with Gasteiger partial charge in [0.1, 0.15) is 0 Å². The van der Waals surface area contributed by atoms with E-state index in [9.17, 15) is 0 Å². The Bertz CT molecular complexity index is 702. The maximum Gasteiger partial charge on any atom is 0.0796 e. The lowest BCUT2D eigenvalue weighted by Gasteiger charge is -2.16. The van der Waals surface area contributed by atoms with E-state index in [4.69, 9.17) is 6.85 Å². The predicted molar refractivity (Wildman–Crippen MR) is 82.1 cm³/mol. The minimum atomic E-state index is -2.37. The smallest absolute Gasteiger partial charge is 0.0796 e. The standard InChI is InChI=1S/C16H21NSi/c1-12-6-7-14(10-13(12)2)16-9-8-15(11-17-16)18(3,4)5/h6-11H,1-5H3/i1D3,2D,6D. The molecule has 0 radical (unpaired) electrons. The summed E-state index contributed by atoms with van der Waals surface area (Å²) in [6.45, 7) is 4.19. The Morgan fingerprint density at radius 1 is 1.17 bits per heavy atom. The van der Waals surface area contributed by atoms with Crippen LogP contribution in [-0.2, 0) is 0 Å². The number of pyridine rings is 1. The molecule has 0 aliphatic rings. The molecule has 1 aromatic heterocycles. The number of hydrogen-bond acceptors (Lipinski definition) is 1. The molecule has 0 unspecified atom stereocenters. The monoisotopic (exact) mass is 260 g/mol. The van der Waals surface area contributed by atoms with Gasteiger partial charge in [-0.15, -0.1) is 0 Å². The fraction of sp³-hybridized carbons (Fsp3) is 0.312. The van der Waals surface area contributed by atoms with Crippen LogP contribution in [0.1, 0.15) is 18.0 Å². The third-order valence-corrected chi connectivity index (χ3v) is 4.98. The summed E-state index contributed by atoms with van der Waals surface area (Å²) in [6.07, 6.45) is 1.86. The summed E-state index contributed by atoms with van der Waals surface area (Å²) in [5, 5.41) is 1.24. The summed E-state index contributed by atoms with van der Waals surface area (Å²) >= 11 is 0. The molecule has 0 aliphatic carbocycles. The zero-order chi connectivity index (χ0) is 17.4. The first-order valence-electron chi connectivity index (χ1n) is 8.65. The lowest BCUT2D eigenvalue weighted by atomic mass is 10.0. The van der Waals surface area contributed by atoms with Crippen LogP contribution in [0.15, 0.2) is 36.5 Å². The Balaban J connectivity index is 2.51. The van der Waals surface area contributed by atoms with Gasteiger partial charge in [0, 0.05) is 17.2 Å². The van der Waals surface area contributed by atoms with Gasteiger partial charge in [0.25, 0.3) is 0 Å². The van der Waals surface area contributed by atoms with Gasteiger partial charge in [-0.2, -0.15) is 0 Å². The number of nitrogens with zero attached hydrogens (tertiary/aromatic N) is 1. The van der Waals surface area contributed by atoms with Gasteiger partial charge in [0.05, 0.1) is 15.1 Å². The van der Waals surface area contributed by atoms with Crippen molar-refractivity contribution in [2.45, 2.75) is 33.4 Å². The average molecular weight is 260 g/mol. The minimum Gasteiger partial charge on any atom is -0.256 e. The first kappa shape index (κ1) is 7.90. The molecule has 2 aromatic rings. The molecular weight excluding hydrogens is 234 g/mol. The fourth-order valence-corrected chi connectivity index (χ4v) is 2.74. The lowest BCUT2D eigenvalue weighted by molar-refractivity contribution is 1.30. The van der Waals surface area contributed by atoms with Crippen LogP contribution < -0.4 is 5.19 Å². The van der Waals surface area contributed by atoms with Crippen LogP contribution in [0.25, 0.3) is 11.3 Å². The van der Waals surface area contributed by atoms with E-state index in [0.29, 0.717) is 16.8 Å². The Kier molecular flexibility index (Phi) is 2.06. The summed E-state index contributed by atoms with van der Waals surface area (Å²) in [6, 6.07) is 7.10. The van der Waals surface area contributed by atoms with Crippen LogP contribution in [0.4, 0.5) is 0 Å². The zero-order valence-corrected chi connectivity index (χ0v) is 12.0. The first-order chi connectivity index (χ1) is 10.5. The summed E-state index contributed by atoms with van der Waals surface area (Å²) in [5.74, 6) is 0. The van der Waals surface area contributed by atoms with E-state index >= 15 is 0 Å². The summed E-state index contributed by atoms with van der Waals surface area (Å²) in [5.41, 5.74) is 1.72. The Morgan fingerprint density at radius 3 is 2.56 bits per heavy atom. The third-order valence-electron chi connectivity index (χ3n) is 2.95. The van der Waals surface area contributed by atoms with Gasteiger partial charge in [-0.3, -0.25) is 4.98 Å². The molecule has 0 amide bonds. The maximum absolute atomic E-state index is 8.04. The van der Waals surface area contributed by atoms with Gasteiger partial charge >= 0.3 is 0 Å². The van der Waals surface area contributed by atoms with Crippen molar-refractivity contribution >= 4 is 13.3 Å². The molecule has 1 aromatic carbocycles. The van der Waals surface area contributed by atoms with Crippen molar-refractivity contribution in [2.75, 3.05) is 0 Å². The highest BCUT2D eigenvalue weighted by molar-refractivity contribution is 6.88. The van der Waals surface area contributed by atoms with E-state index in [1.165, 1.54) is 11.3 Å². The van der Waals surface area contributed by atoms with E-state index in [-0.39, 0.29) is 18.5 Å². The highest BCUT2D eigenvalue weighted by Crippen LogP contribution is 2.19. The second kappa shape index (κ2) is 4.69. The molecule has 0 saturated heterocycles. The number of benzene rings is 1. The molecule has 18 heavy (non-hydrogen) atoms. The van der Waals surface area contributed by atoms with Crippen LogP contribution in [0.5, 0.6) is 0 Å². The second-order valence-electron chi connectivity index (χ2n) is 5.47. The van der Waals surface area contributed by atoms with Gasteiger partial charge in [-0.1, -0.05) is 37.8 Å². The third kappa shape index (κ3) is 2.70. The molecule has 0 fully saturated rings. The van der Waals surface area contributed by atoms with Crippen molar-refractivity contribution in [3.63, 3.8) is 0 Å².